The average Bonchev–Trinajstić information content (AvgIpc) is 2.72. The van der Waals surface area contributed by atoms with Crippen molar-refractivity contribution in [3.8, 4) is 0 Å². The zero-order valence-electron chi connectivity index (χ0n) is 15.3. The van der Waals surface area contributed by atoms with Gasteiger partial charge in [0.1, 0.15) is 0 Å². The zero-order chi connectivity index (χ0) is 19.8. The van der Waals surface area contributed by atoms with Crippen molar-refractivity contribution < 1.29 is 4.79 Å². The molecule has 0 aliphatic heterocycles. The van der Waals surface area contributed by atoms with E-state index >= 15 is 0 Å². The van der Waals surface area contributed by atoms with Crippen molar-refractivity contribution in [3.63, 3.8) is 0 Å². The predicted molar refractivity (Wildman–Crippen MR) is 118 cm³/mol. The van der Waals surface area contributed by atoms with Crippen molar-refractivity contribution in [1.29, 1.82) is 0 Å². The Morgan fingerprint density at radius 2 is 1.46 bits per heavy atom. The maximum absolute atomic E-state index is 12.3. The fourth-order valence-corrected chi connectivity index (χ4v) is 3.22. The smallest absolute Gasteiger partial charge is 0.244 e. The van der Waals surface area contributed by atoms with Crippen LogP contribution in [0.3, 0.4) is 0 Å². The number of rotatable bonds is 7. The summed E-state index contributed by atoms with van der Waals surface area (Å²) >= 11 is 12.0. The molecule has 142 valence electrons. The van der Waals surface area contributed by atoms with E-state index in [-0.39, 0.29) is 11.8 Å². The number of hydrogen-bond acceptors (Lipinski definition) is 1. The molecule has 0 aliphatic rings. The minimum atomic E-state index is -0.112. The van der Waals surface area contributed by atoms with Crippen LogP contribution in [0.5, 0.6) is 0 Å². The summed E-state index contributed by atoms with van der Waals surface area (Å²) in [5.41, 5.74) is 3.29. The predicted octanol–water partition coefficient (Wildman–Crippen LogP) is 6.15. The Morgan fingerprint density at radius 1 is 0.857 bits per heavy atom. The number of carbonyl (C=O) groups is 1. The van der Waals surface area contributed by atoms with Gasteiger partial charge in [0.2, 0.25) is 5.91 Å². The Labute approximate surface area is 175 Å². The molecule has 28 heavy (non-hydrogen) atoms. The molecule has 0 aliphatic carbocycles. The van der Waals surface area contributed by atoms with Gasteiger partial charge in [-0.05, 0) is 53.5 Å². The quantitative estimate of drug-likeness (QED) is 0.465. The largest absolute Gasteiger partial charge is 0.352 e. The number of hydrogen-bond donors (Lipinski definition) is 1. The molecule has 2 nitrogen and oxygen atoms in total. The Balaban J connectivity index is 1.67. The molecule has 3 aromatic carbocycles. The second kappa shape index (κ2) is 10.1. The molecule has 4 heteroatoms. The van der Waals surface area contributed by atoms with Crippen LogP contribution < -0.4 is 5.32 Å². The molecule has 3 aromatic rings. The molecule has 0 unspecified atom stereocenters. The number of halogens is 2. The monoisotopic (exact) mass is 409 g/mol. The standard InChI is InChI=1S/C24H21Cl2NO/c25-22-11-6-19(7-12-22)16-21(20-9-13-23(26)14-10-20)17-27-24(28)15-8-18-4-2-1-3-5-18/h1-15,21H,16-17H2,(H,27,28)/b15-8+/t21-/m0/s1. The summed E-state index contributed by atoms with van der Waals surface area (Å²) in [4.78, 5) is 12.3. The maximum Gasteiger partial charge on any atom is 0.244 e. The van der Waals surface area contributed by atoms with Crippen LogP contribution in [0.4, 0.5) is 0 Å². The van der Waals surface area contributed by atoms with Gasteiger partial charge >= 0.3 is 0 Å². The van der Waals surface area contributed by atoms with Crippen LogP contribution in [0.1, 0.15) is 22.6 Å². The maximum atomic E-state index is 12.3. The molecule has 3 rings (SSSR count). The van der Waals surface area contributed by atoms with Gasteiger partial charge in [0.25, 0.3) is 0 Å². The van der Waals surface area contributed by atoms with Crippen molar-refractivity contribution in [2.24, 2.45) is 0 Å². The third kappa shape index (κ3) is 6.26. The Kier molecular flexibility index (Phi) is 7.30. The summed E-state index contributed by atoms with van der Waals surface area (Å²) in [5.74, 6) is 0.0199. The minimum absolute atomic E-state index is 0.112. The lowest BCUT2D eigenvalue weighted by atomic mass is 9.92. The SMILES string of the molecule is O=C(/C=C/c1ccccc1)NC[C@H](Cc1ccc(Cl)cc1)c1ccc(Cl)cc1. The van der Waals surface area contributed by atoms with Crippen LogP contribution in [0.15, 0.2) is 84.9 Å². The third-order valence-electron chi connectivity index (χ3n) is 4.49. The average molecular weight is 410 g/mol. The van der Waals surface area contributed by atoms with Crippen LogP contribution in [0.2, 0.25) is 10.0 Å². The van der Waals surface area contributed by atoms with E-state index in [1.807, 2.05) is 84.9 Å². The van der Waals surface area contributed by atoms with E-state index in [1.165, 1.54) is 5.56 Å². The molecular formula is C24H21Cl2NO. The number of carbonyl (C=O) groups excluding carboxylic acids is 1. The van der Waals surface area contributed by atoms with Crippen molar-refractivity contribution in [1.82, 2.24) is 5.32 Å². The minimum Gasteiger partial charge on any atom is -0.352 e. The Morgan fingerprint density at radius 3 is 2.11 bits per heavy atom. The fourth-order valence-electron chi connectivity index (χ4n) is 2.97. The molecular weight excluding hydrogens is 389 g/mol. The highest BCUT2D eigenvalue weighted by Gasteiger charge is 2.14. The van der Waals surface area contributed by atoms with Crippen LogP contribution in [-0.2, 0) is 11.2 Å². The fraction of sp³-hybridized carbons (Fsp3) is 0.125. The summed E-state index contributed by atoms with van der Waals surface area (Å²) in [6, 6.07) is 25.3. The van der Waals surface area contributed by atoms with Gasteiger partial charge in [0.15, 0.2) is 0 Å². The lowest BCUT2D eigenvalue weighted by Crippen LogP contribution is -2.27. The molecule has 0 radical (unpaired) electrons. The summed E-state index contributed by atoms with van der Waals surface area (Å²) in [6.07, 6.45) is 4.17. The number of amides is 1. The van der Waals surface area contributed by atoms with Gasteiger partial charge in [-0.25, -0.2) is 0 Å². The lowest BCUT2D eigenvalue weighted by molar-refractivity contribution is -0.116. The summed E-state index contributed by atoms with van der Waals surface area (Å²) in [7, 11) is 0. The summed E-state index contributed by atoms with van der Waals surface area (Å²) in [6.45, 7) is 0.530. The second-order valence-electron chi connectivity index (χ2n) is 6.57. The molecule has 0 aromatic heterocycles. The zero-order valence-corrected chi connectivity index (χ0v) is 16.8. The summed E-state index contributed by atoms with van der Waals surface area (Å²) in [5, 5.41) is 4.42. The van der Waals surface area contributed by atoms with Crippen molar-refractivity contribution in [2.75, 3.05) is 6.54 Å². The van der Waals surface area contributed by atoms with E-state index in [0.717, 1.165) is 17.5 Å². The first-order chi connectivity index (χ1) is 13.6. The van der Waals surface area contributed by atoms with Crippen LogP contribution in [0, 0.1) is 0 Å². The van der Waals surface area contributed by atoms with Gasteiger partial charge in [-0.2, -0.15) is 0 Å². The normalized spacial score (nSPS) is 12.1. The van der Waals surface area contributed by atoms with E-state index in [1.54, 1.807) is 6.08 Å². The molecule has 0 bridgehead atoms. The van der Waals surface area contributed by atoms with Gasteiger partial charge in [-0.1, -0.05) is 77.8 Å². The van der Waals surface area contributed by atoms with Gasteiger partial charge in [0.05, 0.1) is 0 Å². The molecule has 0 saturated heterocycles. The second-order valence-corrected chi connectivity index (χ2v) is 7.44. The van der Waals surface area contributed by atoms with Crippen molar-refractivity contribution in [3.05, 3.63) is 112 Å². The van der Waals surface area contributed by atoms with Gasteiger partial charge < -0.3 is 5.32 Å². The topological polar surface area (TPSA) is 29.1 Å². The van der Waals surface area contributed by atoms with E-state index in [9.17, 15) is 4.79 Å². The highest BCUT2D eigenvalue weighted by atomic mass is 35.5. The van der Waals surface area contributed by atoms with Crippen LogP contribution >= 0.6 is 23.2 Å². The molecule has 0 fully saturated rings. The molecule has 1 N–H and O–H groups in total. The van der Waals surface area contributed by atoms with E-state index < -0.39 is 0 Å². The summed E-state index contributed by atoms with van der Waals surface area (Å²) < 4.78 is 0. The number of nitrogens with one attached hydrogen (secondary N) is 1. The van der Waals surface area contributed by atoms with Crippen LogP contribution in [-0.4, -0.2) is 12.5 Å². The van der Waals surface area contributed by atoms with Gasteiger partial charge in [0, 0.05) is 28.6 Å². The highest BCUT2D eigenvalue weighted by molar-refractivity contribution is 6.30. The number of benzene rings is 3. The first-order valence-corrected chi connectivity index (χ1v) is 9.86. The van der Waals surface area contributed by atoms with Crippen molar-refractivity contribution in [2.45, 2.75) is 12.3 Å². The van der Waals surface area contributed by atoms with E-state index in [2.05, 4.69) is 5.32 Å². The van der Waals surface area contributed by atoms with E-state index in [4.69, 9.17) is 23.2 Å². The van der Waals surface area contributed by atoms with Gasteiger partial charge in [-0.3, -0.25) is 4.79 Å². The molecule has 0 heterocycles. The van der Waals surface area contributed by atoms with Crippen LogP contribution in [0.25, 0.3) is 6.08 Å². The first kappa shape index (κ1) is 20.2. The Hall–Kier alpha value is -2.55. The van der Waals surface area contributed by atoms with Crippen molar-refractivity contribution >= 4 is 35.2 Å². The first-order valence-electron chi connectivity index (χ1n) is 9.11. The Bertz CT molecular complexity index is 919. The molecule has 0 spiro atoms. The van der Waals surface area contributed by atoms with E-state index in [0.29, 0.717) is 16.6 Å². The molecule has 1 amide bonds. The molecule has 1 atom stereocenters. The van der Waals surface area contributed by atoms with Gasteiger partial charge in [-0.15, -0.1) is 0 Å². The lowest BCUT2D eigenvalue weighted by Gasteiger charge is -2.18. The third-order valence-corrected chi connectivity index (χ3v) is 4.99. The highest BCUT2D eigenvalue weighted by Crippen LogP contribution is 2.23. The molecule has 0 saturated carbocycles.